The molecule has 23 heavy (non-hydrogen) atoms. The second-order valence-corrected chi connectivity index (χ2v) is 5.73. The van der Waals surface area contributed by atoms with Gasteiger partial charge in [0.05, 0.1) is 17.5 Å². The Balaban J connectivity index is 1.67. The van der Waals surface area contributed by atoms with Gasteiger partial charge in [-0.05, 0) is 26.0 Å². The quantitative estimate of drug-likeness (QED) is 0.835. The Labute approximate surface area is 134 Å². The molecule has 122 valence electrons. The first kappa shape index (κ1) is 15.3. The van der Waals surface area contributed by atoms with E-state index in [4.69, 9.17) is 4.42 Å². The minimum absolute atomic E-state index is 0.0156. The van der Waals surface area contributed by atoms with Crippen LogP contribution in [0.15, 0.2) is 22.8 Å². The smallest absolute Gasteiger partial charge is 0.289 e. The molecular formula is C16H20N4O3. The molecule has 1 aliphatic heterocycles. The molecule has 1 fully saturated rings. The fourth-order valence-corrected chi connectivity index (χ4v) is 2.91. The summed E-state index contributed by atoms with van der Waals surface area (Å²) in [6.07, 6.45) is 1.49. The number of aryl methyl sites for hydroxylation is 2. The zero-order chi connectivity index (χ0) is 16.6. The van der Waals surface area contributed by atoms with Crippen molar-refractivity contribution in [1.82, 2.24) is 19.6 Å². The van der Waals surface area contributed by atoms with Gasteiger partial charge in [0, 0.05) is 38.9 Å². The second kappa shape index (κ2) is 5.91. The Morgan fingerprint density at radius 2 is 1.70 bits per heavy atom. The molecule has 0 bridgehead atoms. The average Bonchev–Trinajstić information content (AvgIpc) is 3.16. The minimum Gasteiger partial charge on any atom is -0.459 e. The van der Waals surface area contributed by atoms with E-state index in [9.17, 15) is 9.59 Å². The Hall–Kier alpha value is -2.57. The number of amides is 2. The van der Waals surface area contributed by atoms with Crippen LogP contribution < -0.4 is 0 Å². The molecule has 2 amide bonds. The molecule has 0 saturated carbocycles. The van der Waals surface area contributed by atoms with E-state index in [1.165, 1.54) is 6.26 Å². The molecule has 3 rings (SSSR count). The van der Waals surface area contributed by atoms with Crippen LogP contribution in [0.2, 0.25) is 0 Å². The van der Waals surface area contributed by atoms with Crippen LogP contribution in [-0.4, -0.2) is 57.6 Å². The van der Waals surface area contributed by atoms with Crippen LogP contribution in [0.4, 0.5) is 0 Å². The molecule has 0 aliphatic carbocycles. The van der Waals surface area contributed by atoms with Gasteiger partial charge in [-0.3, -0.25) is 14.3 Å². The van der Waals surface area contributed by atoms with Crippen molar-refractivity contribution in [2.24, 2.45) is 7.05 Å². The van der Waals surface area contributed by atoms with Crippen molar-refractivity contribution in [1.29, 1.82) is 0 Å². The van der Waals surface area contributed by atoms with Crippen LogP contribution in [0.5, 0.6) is 0 Å². The van der Waals surface area contributed by atoms with Gasteiger partial charge in [0.25, 0.3) is 11.8 Å². The van der Waals surface area contributed by atoms with Gasteiger partial charge in [0.15, 0.2) is 5.76 Å². The Bertz CT molecular complexity index is 725. The fourth-order valence-electron chi connectivity index (χ4n) is 2.91. The van der Waals surface area contributed by atoms with Crippen LogP contribution in [-0.2, 0) is 7.05 Å². The lowest BCUT2D eigenvalue weighted by molar-refractivity contribution is 0.0517. The molecular weight excluding hydrogens is 296 g/mol. The standard InChI is InChI=1S/C16H20N4O3/c1-11-14(12(2)18(3)17-11)16(22)20-8-6-19(7-9-20)15(21)13-5-4-10-23-13/h4-5,10H,6-9H2,1-3H3. The number of carbonyl (C=O) groups excluding carboxylic acids is 2. The molecule has 0 aromatic carbocycles. The van der Waals surface area contributed by atoms with Crippen molar-refractivity contribution in [2.45, 2.75) is 13.8 Å². The summed E-state index contributed by atoms with van der Waals surface area (Å²) in [5.74, 6) is 0.192. The third-order valence-corrected chi connectivity index (χ3v) is 4.31. The molecule has 0 atom stereocenters. The number of carbonyl (C=O) groups is 2. The van der Waals surface area contributed by atoms with E-state index < -0.39 is 0 Å². The van der Waals surface area contributed by atoms with Crippen molar-refractivity contribution in [3.63, 3.8) is 0 Å². The molecule has 0 N–H and O–H groups in total. The zero-order valence-electron chi connectivity index (χ0n) is 13.6. The van der Waals surface area contributed by atoms with Gasteiger partial charge >= 0.3 is 0 Å². The fraction of sp³-hybridized carbons (Fsp3) is 0.438. The number of rotatable bonds is 2. The second-order valence-electron chi connectivity index (χ2n) is 5.73. The Morgan fingerprint density at radius 1 is 1.09 bits per heavy atom. The third kappa shape index (κ3) is 2.74. The summed E-state index contributed by atoms with van der Waals surface area (Å²) in [5.41, 5.74) is 2.27. The maximum atomic E-state index is 12.7. The molecule has 7 heteroatoms. The normalized spacial score (nSPS) is 15.1. The maximum absolute atomic E-state index is 12.7. The largest absolute Gasteiger partial charge is 0.459 e. The van der Waals surface area contributed by atoms with Crippen LogP contribution in [0, 0.1) is 13.8 Å². The number of aromatic nitrogens is 2. The highest BCUT2D eigenvalue weighted by atomic mass is 16.3. The Morgan fingerprint density at radius 3 is 2.17 bits per heavy atom. The van der Waals surface area contributed by atoms with E-state index >= 15 is 0 Å². The van der Waals surface area contributed by atoms with E-state index in [0.29, 0.717) is 37.5 Å². The predicted molar refractivity (Wildman–Crippen MR) is 83.2 cm³/mol. The lowest BCUT2D eigenvalue weighted by Gasteiger charge is -2.34. The first-order chi connectivity index (χ1) is 11.0. The van der Waals surface area contributed by atoms with Gasteiger partial charge in [-0.25, -0.2) is 0 Å². The summed E-state index contributed by atoms with van der Waals surface area (Å²) < 4.78 is 6.87. The lowest BCUT2D eigenvalue weighted by Crippen LogP contribution is -2.50. The molecule has 0 radical (unpaired) electrons. The highest BCUT2D eigenvalue weighted by molar-refractivity contribution is 5.97. The minimum atomic E-state index is -0.129. The molecule has 2 aromatic rings. The predicted octanol–water partition coefficient (Wildman–Crippen LogP) is 1.23. The third-order valence-electron chi connectivity index (χ3n) is 4.31. The van der Waals surface area contributed by atoms with Crippen molar-refractivity contribution in [2.75, 3.05) is 26.2 Å². The van der Waals surface area contributed by atoms with Gasteiger partial charge in [0.2, 0.25) is 0 Å². The number of piperazine rings is 1. The average molecular weight is 316 g/mol. The molecule has 0 spiro atoms. The van der Waals surface area contributed by atoms with E-state index in [1.54, 1.807) is 26.6 Å². The van der Waals surface area contributed by atoms with E-state index in [0.717, 1.165) is 11.4 Å². The van der Waals surface area contributed by atoms with E-state index in [2.05, 4.69) is 5.10 Å². The van der Waals surface area contributed by atoms with Crippen molar-refractivity contribution < 1.29 is 14.0 Å². The number of hydrogen-bond acceptors (Lipinski definition) is 4. The van der Waals surface area contributed by atoms with Gasteiger partial charge in [-0.1, -0.05) is 0 Å². The van der Waals surface area contributed by atoms with E-state index in [-0.39, 0.29) is 11.8 Å². The zero-order valence-corrected chi connectivity index (χ0v) is 13.6. The first-order valence-corrected chi connectivity index (χ1v) is 7.61. The highest BCUT2D eigenvalue weighted by Gasteiger charge is 2.29. The summed E-state index contributed by atoms with van der Waals surface area (Å²) in [6.45, 7) is 5.77. The first-order valence-electron chi connectivity index (χ1n) is 7.61. The van der Waals surface area contributed by atoms with Crippen LogP contribution in [0.3, 0.4) is 0 Å². The maximum Gasteiger partial charge on any atom is 0.289 e. The molecule has 1 saturated heterocycles. The summed E-state index contributed by atoms with van der Waals surface area (Å²) >= 11 is 0. The highest BCUT2D eigenvalue weighted by Crippen LogP contribution is 2.17. The summed E-state index contributed by atoms with van der Waals surface area (Å²) in [6, 6.07) is 3.35. The molecule has 2 aromatic heterocycles. The van der Waals surface area contributed by atoms with Crippen molar-refractivity contribution in [3.05, 3.63) is 41.1 Å². The van der Waals surface area contributed by atoms with Gasteiger partial charge < -0.3 is 14.2 Å². The molecule has 3 heterocycles. The number of hydrogen-bond donors (Lipinski definition) is 0. The monoisotopic (exact) mass is 316 g/mol. The molecule has 0 unspecified atom stereocenters. The van der Waals surface area contributed by atoms with Gasteiger partial charge in [0.1, 0.15) is 0 Å². The number of nitrogens with zero attached hydrogens (tertiary/aromatic N) is 4. The van der Waals surface area contributed by atoms with E-state index in [1.807, 2.05) is 20.9 Å². The number of furan rings is 1. The topological polar surface area (TPSA) is 71.6 Å². The molecule has 1 aliphatic rings. The SMILES string of the molecule is Cc1nn(C)c(C)c1C(=O)N1CCN(C(=O)c2ccco2)CC1. The van der Waals surface area contributed by atoms with Crippen LogP contribution in [0.25, 0.3) is 0 Å². The van der Waals surface area contributed by atoms with Gasteiger partial charge in [-0.2, -0.15) is 5.10 Å². The Kier molecular flexibility index (Phi) is 3.94. The molecule has 7 nitrogen and oxygen atoms in total. The summed E-state index contributed by atoms with van der Waals surface area (Å²) in [7, 11) is 1.83. The summed E-state index contributed by atoms with van der Waals surface area (Å²) in [4.78, 5) is 28.4. The van der Waals surface area contributed by atoms with Gasteiger partial charge in [-0.15, -0.1) is 0 Å². The van der Waals surface area contributed by atoms with Crippen molar-refractivity contribution >= 4 is 11.8 Å². The lowest BCUT2D eigenvalue weighted by atomic mass is 10.1. The van der Waals surface area contributed by atoms with Crippen molar-refractivity contribution in [3.8, 4) is 0 Å². The van der Waals surface area contributed by atoms with Crippen LogP contribution >= 0.6 is 0 Å². The van der Waals surface area contributed by atoms with Crippen LogP contribution in [0.1, 0.15) is 32.3 Å². The summed E-state index contributed by atoms with van der Waals surface area (Å²) in [5, 5.41) is 4.30.